The number of amides is 2. The van der Waals surface area contributed by atoms with Gasteiger partial charge in [-0.2, -0.15) is 5.10 Å². The van der Waals surface area contributed by atoms with Crippen molar-refractivity contribution in [2.75, 3.05) is 6.54 Å². The SMILES string of the molecule is CCCCNC(=O)NC1CCCc2c1cnn2-c1ccc(F)cc1F. The topological polar surface area (TPSA) is 59.0 Å². The molecule has 0 radical (unpaired) electrons. The van der Waals surface area contributed by atoms with Crippen LogP contribution in [0.1, 0.15) is 49.9 Å². The van der Waals surface area contributed by atoms with Crippen molar-refractivity contribution in [2.45, 2.75) is 45.1 Å². The molecule has 1 heterocycles. The van der Waals surface area contributed by atoms with Crippen molar-refractivity contribution in [3.8, 4) is 5.69 Å². The first-order valence-electron chi connectivity index (χ1n) is 8.66. The van der Waals surface area contributed by atoms with E-state index in [-0.39, 0.29) is 17.8 Å². The molecule has 1 aliphatic carbocycles. The number of hydrogen-bond acceptors (Lipinski definition) is 2. The van der Waals surface area contributed by atoms with Crippen LogP contribution >= 0.6 is 0 Å². The zero-order valence-electron chi connectivity index (χ0n) is 14.2. The second kappa shape index (κ2) is 7.63. The molecule has 25 heavy (non-hydrogen) atoms. The summed E-state index contributed by atoms with van der Waals surface area (Å²) in [6.45, 7) is 2.71. The Morgan fingerprint density at radius 1 is 1.40 bits per heavy atom. The Kier molecular flexibility index (Phi) is 5.31. The monoisotopic (exact) mass is 348 g/mol. The third kappa shape index (κ3) is 3.81. The second-order valence-electron chi connectivity index (χ2n) is 6.25. The largest absolute Gasteiger partial charge is 0.338 e. The molecule has 1 aromatic heterocycles. The maximum Gasteiger partial charge on any atom is 0.315 e. The Hall–Kier alpha value is -2.44. The highest BCUT2D eigenvalue weighted by molar-refractivity contribution is 5.74. The van der Waals surface area contributed by atoms with Gasteiger partial charge in [-0.25, -0.2) is 18.3 Å². The number of hydrogen-bond donors (Lipinski definition) is 2. The molecule has 3 rings (SSSR count). The maximum atomic E-state index is 14.1. The zero-order valence-corrected chi connectivity index (χ0v) is 14.2. The van der Waals surface area contributed by atoms with Gasteiger partial charge in [0.15, 0.2) is 5.82 Å². The molecule has 0 aliphatic heterocycles. The number of rotatable bonds is 5. The number of benzene rings is 1. The standard InChI is InChI=1S/C18H22F2N4O/c1-2-3-9-21-18(25)23-15-5-4-6-16-13(15)11-22-24(16)17-8-7-12(19)10-14(17)20/h7-8,10-11,15H,2-6,9H2,1H3,(H2,21,23,25). The Balaban J connectivity index is 1.79. The smallest absolute Gasteiger partial charge is 0.315 e. The lowest BCUT2D eigenvalue weighted by molar-refractivity contribution is 0.235. The van der Waals surface area contributed by atoms with E-state index in [0.29, 0.717) is 6.54 Å². The van der Waals surface area contributed by atoms with Crippen LogP contribution in [0.2, 0.25) is 0 Å². The van der Waals surface area contributed by atoms with Crippen molar-refractivity contribution in [1.82, 2.24) is 20.4 Å². The van der Waals surface area contributed by atoms with Crippen LogP contribution in [0.4, 0.5) is 13.6 Å². The van der Waals surface area contributed by atoms with Gasteiger partial charge in [-0.3, -0.25) is 0 Å². The van der Waals surface area contributed by atoms with Crippen molar-refractivity contribution in [3.63, 3.8) is 0 Å². The fourth-order valence-electron chi connectivity index (χ4n) is 3.16. The van der Waals surface area contributed by atoms with Crippen LogP contribution < -0.4 is 10.6 Å². The third-order valence-electron chi connectivity index (χ3n) is 4.44. The highest BCUT2D eigenvalue weighted by atomic mass is 19.1. The molecule has 5 nitrogen and oxygen atoms in total. The minimum Gasteiger partial charge on any atom is -0.338 e. The molecule has 134 valence electrons. The number of nitrogens with one attached hydrogen (secondary N) is 2. The number of carbonyl (C=O) groups excluding carboxylic acids is 1. The summed E-state index contributed by atoms with van der Waals surface area (Å²) in [4.78, 5) is 12.0. The van der Waals surface area contributed by atoms with Crippen molar-refractivity contribution in [3.05, 3.63) is 47.3 Å². The maximum absolute atomic E-state index is 14.1. The predicted molar refractivity (Wildman–Crippen MR) is 90.6 cm³/mol. The highest BCUT2D eigenvalue weighted by Crippen LogP contribution is 2.31. The van der Waals surface area contributed by atoms with Crippen LogP contribution in [0.15, 0.2) is 24.4 Å². The minimum atomic E-state index is -0.654. The summed E-state index contributed by atoms with van der Waals surface area (Å²) in [6, 6.07) is 3.09. The van der Waals surface area contributed by atoms with Crippen LogP contribution in [-0.4, -0.2) is 22.4 Å². The van der Waals surface area contributed by atoms with Gasteiger partial charge in [0.2, 0.25) is 0 Å². The summed E-state index contributed by atoms with van der Waals surface area (Å²) in [5, 5.41) is 10.1. The lowest BCUT2D eigenvalue weighted by Gasteiger charge is -2.24. The van der Waals surface area contributed by atoms with E-state index in [4.69, 9.17) is 0 Å². The number of fused-ring (bicyclic) bond motifs is 1. The average molecular weight is 348 g/mol. The van der Waals surface area contributed by atoms with Crippen LogP contribution in [0.5, 0.6) is 0 Å². The van der Waals surface area contributed by atoms with Gasteiger partial charge in [-0.05, 0) is 37.8 Å². The lowest BCUT2D eigenvalue weighted by atomic mass is 9.93. The Bertz CT molecular complexity index is 760. The van der Waals surface area contributed by atoms with Crippen molar-refractivity contribution in [1.29, 1.82) is 0 Å². The predicted octanol–water partition coefficient (Wildman–Crippen LogP) is 3.63. The zero-order chi connectivity index (χ0) is 17.8. The van der Waals surface area contributed by atoms with Gasteiger partial charge in [-0.1, -0.05) is 13.3 Å². The average Bonchev–Trinajstić information content (AvgIpc) is 3.00. The molecule has 1 unspecified atom stereocenters. The van der Waals surface area contributed by atoms with Crippen molar-refractivity contribution in [2.24, 2.45) is 0 Å². The van der Waals surface area contributed by atoms with Gasteiger partial charge >= 0.3 is 6.03 Å². The molecule has 0 spiro atoms. The van der Waals surface area contributed by atoms with Crippen LogP contribution in [0.3, 0.4) is 0 Å². The number of halogens is 2. The van der Waals surface area contributed by atoms with E-state index in [1.54, 1.807) is 6.20 Å². The molecule has 1 aromatic carbocycles. The van der Waals surface area contributed by atoms with Crippen molar-refractivity contribution >= 4 is 6.03 Å². The summed E-state index contributed by atoms with van der Waals surface area (Å²) >= 11 is 0. The number of carbonyl (C=O) groups is 1. The van der Waals surface area contributed by atoms with E-state index >= 15 is 0 Å². The summed E-state index contributed by atoms with van der Waals surface area (Å²) in [5.41, 5.74) is 1.96. The number of aromatic nitrogens is 2. The molecule has 0 bridgehead atoms. The Morgan fingerprint density at radius 3 is 3.00 bits per heavy atom. The van der Waals surface area contributed by atoms with Crippen LogP contribution in [-0.2, 0) is 6.42 Å². The molecule has 2 N–H and O–H groups in total. The molecule has 1 aliphatic rings. The normalized spacial score (nSPS) is 16.4. The summed E-state index contributed by atoms with van der Waals surface area (Å²) in [6.07, 6.45) is 6.03. The highest BCUT2D eigenvalue weighted by Gasteiger charge is 2.26. The first kappa shape index (κ1) is 17.4. The molecule has 7 heteroatoms. The van der Waals surface area contributed by atoms with Gasteiger partial charge in [0.05, 0.1) is 12.2 Å². The molecule has 0 saturated heterocycles. The van der Waals surface area contributed by atoms with Gasteiger partial charge in [0.1, 0.15) is 11.5 Å². The fourth-order valence-corrected chi connectivity index (χ4v) is 3.16. The van der Waals surface area contributed by atoms with E-state index in [0.717, 1.165) is 49.4 Å². The van der Waals surface area contributed by atoms with Gasteiger partial charge in [-0.15, -0.1) is 0 Å². The van der Waals surface area contributed by atoms with Crippen molar-refractivity contribution < 1.29 is 13.6 Å². The molecule has 2 aromatic rings. The summed E-state index contributed by atoms with van der Waals surface area (Å²) in [5.74, 6) is -1.27. The number of urea groups is 1. The van der Waals surface area contributed by atoms with Crippen LogP contribution in [0, 0.1) is 11.6 Å². The van der Waals surface area contributed by atoms with E-state index < -0.39 is 11.6 Å². The lowest BCUT2D eigenvalue weighted by Crippen LogP contribution is -2.39. The molecule has 0 saturated carbocycles. The van der Waals surface area contributed by atoms with E-state index in [2.05, 4.69) is 22.7 Å². The molecule has 2 amide bonds. The number of nitrogens with zero attached hydrogens (tertiary/aromatic N) is 2. The van der Waals surface area contributed by atoms with Gasteiger partial charge in [0.25, 0.3) is 0 Å². The third-order valence-corrected chi connectivity index (χ3v) is 4.44. The Labute approximate surface area is 145 Å². The molecular formula is C18H22F2N4O. The molecular weight excluding hydrogens is 326 g/mol. The van der Waals surface area contributed by atoms with Crippen LogP contribution in [0.25, 0.3) is 5.69 Å². The first-order valence-corrected chi connectivity index (χ1v) is 8.66. The van der Waals surface area contributed by atoms with E-state index in [9.17, 15) is 13.6 Å². The second-order valence-corrected chi connectivity index (χ2v) is 6.25. The molecule has 1 atom stereocenters. The Morgan fingerprint density at radius 2 is 2.24 bits per heavy atom. The number of unbranched alkanes of at least 4 members (excludes halogenated alkanes) is 1. The molecule has 0 fully saturated rings. The minimum absolute atomic E-state index is 0.150. The van der Waals surface area contributed by atoms with Gasteiger partial charge < -0.3 is 10.6 Å². The fraction of sp³-hybridized carbons (Fsp3) is 0.444. The van der Waals surface area contributed by atoms with Gasteiger partial charge in [0, 0.05) is 23.9 Å². The summed E-state index contributed by atoms with van der Waals surface area (Å²) < 4.78 is 28.7. The quantitative estimate of drug-likeness (QED) is 0.811. The van der Waals surface area contributed by atoms with E-state index in [1.165, 1.54) is 16.8 Å². The van der Waals surface area contributed by atoms with E-state index in [1.807, 2.05) is 0 Å². The first-order chi connectivity index (χ1) is 12.1. The summed E-state index contributed by atoms with van der Waals surface area (Å²) in [7, 11) is 0.